The summed E-state index contributed by atoms with van der Waals surface area (Å²) in [7, 11) is 3.45. The molecule has 0 saturated heterocycles. The van der Waals surface area contributed by atoms with E-state index >= 15 is 0 Å². The van der Waals surface area contributed by atoms with Crippen molar-refractivity contribution in [3.05, 3.63) is 35.6 Å². The van der Waals surface area contributed by atoms with Gasteiger partial charge in [0.25, 0.3) is 0 Å². The highest BCUT2D eigenvalue weighted by molar-refractivity contribution is 5.88. The molecular formula is C15H22FN3O2. The van der Waals surface area contributed by atoms with Crippen LogP contribution in [0.4, 0.5) is 4.39 Å². The Morgan fingerprint density at radius 2 is 1.95 bits per heavy atom. The van der Waals surface area contributed by atoms with Gasteiger partial charge in [0.05, 0.1) is 6.54 Å². The van der Waals surface area contributed by atoms with Crippen molar-refractivity contribution in [3.8, 4) is 0 Å². The molecule has 2 N–H and O–H groups in total. The Hall–Kier alpha value is -1.95. The van der Waals surface area contributed by atoms with Crippen molar-refractivity contribution in [2.24, 2.45) is 0 Å². The molecule has 1 aromatic carbocycles. The third-order valence-electron chi connectivity index (χ3n) is 2.80. The van der Waals surface area contributed by atoms with Crippen LogP contribution in [0.3, 0.4) is 0 Å². The molecule has 0 radical (unpaired) electrons. The van der Waals surface area contributed by atoms with Gasteiger partial charge in [0, 0.05) is 6.04 Å². The largest absolute Gasteiger partial charge is 0.352 e. The maximum absolute atomic E-state index is 13.3. The van der Waals surface area contributed by atoms with Crippen LogP contribution in [0.5, 0.6) is 0 Å². The molecule has 0 aliphatic heterocycles. The second kappa shape index (κ2) is 7.73. The zero-order valence-electron chi connectivity index (χ0n) is 12.8. The van der Waals surface area contributed by atoms with E-state index in [2.05, 4.69) is 10.6 Å². The molecule has 2 amide bonds. The second-order valence-electron chi connectivity index (χ2n) is 5.36. The van der Waals surface area contributed by atoms with E-state index in [0.29, 0.717) is 5.56 Å². The topological polar surface area (TPSA) is 61.4 Å². The molecule has 0 aliphatic carbocycles. The number of nitrogens with zero attached hydrogens (tertiary/aromatic N) is 1. The van der Waals surface area contributed by atoms with Gasteiger partial charge in [-0.2, -0.15) is 0 Å². The van der Waals surface area contributed by atoms with E-state index in [-0.39, 0.29) is 24.4 Å². The summed E-state index contributed by atoms with van der Waals surface area (Å²) in [6, 6.07) is 5.25. The fourth-order valence-electron chi connectivity index (χ4n) is 2.00. The minimum Gasteiger partial charge on any atom is -0.352 e. The molecule has 0 bridgehead atoms. The summed E-state index contributed by atoms with van der Waals surface area (Å²) < 4.78 is 13.3. The lowest BCUT2D eigenvalue weighted by atomic mass is 10.1. The first kappa shape index (κ1) is 17.1. The van der Waals surface area contributed by atoms with Crippen molar-refractivity contribution in [1.29, 1.82) is 0 Å². The molecule has 1 aromatic rings. The van der Waals surface area contributed by atoms with E-state index in [4.69, 9.17) is 0 Å². The van der Waals surface area contributed by atoms with Crippen molar-refractivity contribution in [3.63, 3.8) is 0 Å². The maximum Gasteiger partial charge on any atom is 0.242 e. The summed E-state index contributed by atoms with van der Waals surface area (Å²) in [4.78, 5) is 25.4. The van der Waals surface area contributed by atoms with Crippen molar-refractivity contribution >= 4 is 11.8 Å². The Labute approximate surface area is 124 Å². The van der Waals surface area contributed by atoms with E-state index < -0.39 is 11.9 Å². The van der Waals surface area contributed by atoms with Crippen LogP contribution >= 0.6 is 0 Å². The average Bonchev–Trinajstić information content (AvgIpc) is 2.35. The zero-order chi connectivity index (χ0) is 16.0. The van der Waals surface area contributed by atoms with Crippen LogP contribution in [-0.2, 0) is 9.59 Å². The van der Waals surface area contributed by atoms with Gasteiger partial charge in [-0.05, 0) is 45.6 Å². The standard InChI is InChI=1S/C15H22FN3O2/c1-10(2)18-13(20)9-17-15(21)14(19(3)4)11-6-5-7-12(16)8-11/h5-8,10,14H,9H2,1-4H3,(H,17,21)(H,18,20)/t14-/m1/s1. The number of hydrogen-bond donors (Lipinski definition) is 2. The predicted octanol–water partition coefficient (Wildman–Crippen LogP) is 1.07. The molecular weight excluding hydrogens is 273 g/mol. The number of carbonyl (C=O) groups is 2. The zero-order valence-corrected chi connectivity index (χ0v) is 12.8. The Morgan fingerprint density at radius 3 is 2.48 bits per heavy atom. The van der Waals surface area contributed by atoms with E-state index in [0.717, 1.165) is 0 Å². The molecule has 1 atom stereocenters. The van der Waals surface area contributed by atoms with Crippen molar-refractivity contribution in [2.45, 2.75) is 25.9 Å². The molecule has 0 saturated carbocycles. The van der Waals surface area contributed by atoms with Gasteiger partial charge in [0.1, 0.15) is 11.9 Å². The molecule has 0 fully saturated rings. The van der Waals surface area contributed by atoms with Gasteiger partial charge in [0.15, 0.2) is 0 Å². The summed E-state index contributed by atoms with van der Waals surface area (Å²) in [5.41, 5.74) is 0.543. The predicted molar refractivity (Wildman–Crippen MR) is 79.1 cm³/mol. The number of halogens is 1. The van der Waals surface area contributed by atoms with E-state index in [1.165, 1.54) is 12.1 Å². The van der Waals surface area contributed by atoms with Gasteiger partial charge in [-0.25, -0.2) is 4.39 Å². The Bertz CT molecular complexity index is 503. The number of benzene rings is 1. The van der Waals surface area contributed by atoms with Crippen LogP contribution in [0.25, 0.3) is 0 Å². The van der Waals surface area contributed by atoms with Crippen LogP contribution < -0.4 is 10.6 Å². The summed E-state index contributed by atoms with van der Waals surface area (Å²) in [6.07, 6.45) is 0. The summed E-state index contributed by atoms with van der Waals surface area (Å²) in [5.74, 6) is -0.996. The SMILES string of the molecule is CC(C)NC(=O)CNC(=O)[C@@H](c1cccc(F)c1)N(C)C. The number of carbonyl (C=O) groups excluding carboxylic acids is 2. The number of amides is 2. The van der Waals surface area contributed by atoms with E-state index in [1.807, 2.05) is 13.8 Å². The lowest BCUT2D eigenvalue weighted by Crippen LogP contribution is -2.43. The van der Waals surface area contributed by atoms with E-state index in [9.17, 15) is 14.0 Å². The summed E-state index contributed by atoms with van der Waals surface area (Å²) in [5, 5.41) is 5.26. The van der Waals surface area contributed by atoms with Gasteiger partial charge in [0.2, 0.25) is 11.8 Å². The third-order valence-corrected chi connectivity index (χ3v) is 2.80. The molecule has 0 aromatic heterocycles. The van der Waals surface area contributed by atoms with Gasteiger partial charge < -0.3 is 10.6 Å². The molecule has 21 heavy (non-hydrogen) atoms. The maximum atomic E-state index is 13.3. The lowest BCUT2D eigenvalue weighted by molar-refractivity contribution is -0.129. The van der Waals surface area contributed by atoms with Crippen LogP contribution in [0.1, 0.15) is 25.5 Å². The molecule has 0 unspecified atom stereocenters. The fraction of sp³-hybridized carbons (Fsp3) is 0.467. The van der Waals surface area contributed by atoms with Gasteiger partial charge in [-0.1, -0.05) is 12.1 Å². The quantitative estimate of drug-likeness (QED) is 0.825. The molecule has 0 aliphatic rings. The lowest BCUT2D eigenvalue weighted by Gasteiger charge is -2.23. The second-order valence-corrected chi connectivity index (χ2v) is 5.36. The number of likely N-dealkylation sites (N-methyl/N-ethyl adjacent to an activating group) is 1. The smallest absolute Gasteiger partial charge is 0.242 e. The van der Waals surface area contributed by atoms with Gasteiger partial charge >= 0.3 is 0 Å². The molecule has 6 heteroatoms. The molecule has 116 valence electrons. The first-order valence-electron chi connectivity index (χ1n) is 6.80. The normalized spacial score (nSPS) is 12.3. The Balaban J connectivity index is 2.73. The highest BCUT2D eigenvalue weighted by Crippen LogP contribution is 2.19. The fourth-order valence-corrected chi connectivity index (χ4v) is 2.00. The number of hydrogen-bond acceptors (Lipinski definition) is 3. The number of rotatable bonds is 6. The highest BCUT2D eigenvalue weighted by Gasteiger charge is 2.23. The van der Waals surface area contributed by atoms with Crippen molar-refractivity contribution in [1.82, 2.24) is 15.5 Å². The first-order chi connectivity index (χ1) is 9.81. The van der Waals surface area contributed by atoms with E-state index in [1.54, 1.807) is 31.1 Å². The Morgan fingerprint density at radius 1 is 1.29 bits per heavy atom. The average molecular weight is 295 g/mol. The van der Waals surface area contributed by atoms with Crippen molar-refractivity contribution in [2.75, 3.05) is 20.6 Å². The highest BCUT2D eigenvalue weighted by atomic mass is 19.1. The number of nitrogens with one attached hydrogen (secondary N) is 2. The summed E-state index contributed by atoms with van der Waals surface area (Å²) in [6.45, 7) is 3.58. The first-order valence-corrected chi connectivity index (χ1v) is 6.80. The van der Waals surface area contributed by atoms with Crippen LogP contribution in [-0.4, -0.2) is 43.4 Å². The minimum atomic E-state index is -0.646. The Kier molecular flexibility index (Phi) is 6.30. The molecule has 0 heterocycles. The van der Waals surface area contributed by atoms with Crippen LogP contribution in [0.15, 0.2) is 24.3 Å². The molecule has 0 spiro atoms. The molecule has 1 rings (SSSR count). The molecule has 5 nitrogen and oxygen atoms in total. The summed E-state index contributed by atoms with van der Waals surface area (Å²) >= 11 is 0. The monoisotopic (exact) mass is 295 g/mol. The van der Waals surface area contributed by atoms with Crippen LogP contribution in [0, 0.1) is 5.82 Å². The minimum absolute atomic E-state index is 0.0160. The van der Waals surface area contributed by atoms with Crippen molar-refractivity contribution < 1.29 is 14.0 Å². The third kappa shape index (κ3) is 5.51. The van der Waals surface area contributed by atoms with Gasteiger partial charge in [-0.15, -0.1) is 0 Å². The van der Waals surface area contributed by atoms with Crippen LogP contribution in [0.2, 0.25) is 0 Å². The van der Waals surface area contributed by atoms with Gasteiger partial charge in [-0.3, -0.25) is 14.5 Å².